The highest BCUT2D eigenvalue weighted by atomic mass is 32.2. The van der Waals surface area contributed by atoms with Gasteiger partial charge < -0.3 is 10.2 Å². The van der Waals surface area contributed by atoms with Crippen molar-refractivity contribution in [2.75, 3.05) is 18.0 Å². The summed E-state index contributed by atoms with van der Waals surface area (Å²) in [5, 5.41) is 4.03. The normalized spacial score (nSPS) is 14.7. The SMILES string of the molecule is [C-]#[N+]c1cnc2c(c1)N(CCCNCc1ccccc1)c1c(ccc(C)c1C)S2=O. The molecule has 0 saturated carbocycles. The summed E-state index contributed by atoms with van der Waals surface area (Å²) >= 11 is 0. The second kappa shape index (κ2) is 8.78. The summed E-state index contributed by atoms with van der Waals surface area (Å²) in [6.45, 7) is 13.9. The van der Waals surface area contributed by atoms with E-state index in [-0.39, 0.29) is 0 Å². The molecule has 0 aliphatic carbocycles. The molecule has 6 heteroatoms. The maximum atomic E-state index is 13.2. The summed E-state index contributed by atoms with van der Waals surface area (Å²) < 4.78 is 13.2. The summed E-state index contributed by atoms with van der Waals surface area (Å²) in [7, 11) is -1.34. The van der Waals surface area contributed by atoms with Crippen LogP contribution in [0.2, 0.25) is 0 Å². The molecule has 0 spiro atoms. The molecular weight excluding hydrogens is 392 g/mol. The minimum absolute atomic E-state index is 0.465. The number of aryl methyl sites for hydroxylation is 1. The Labute approximate surface area is 180 Å². The number of aromatic nitrogens is 1. The van der Waals surface area contributed by atoms with Crippen LogP contribution in [0.25, 0.3) is 4.85 Å². The lowest BCUT2D eigenvalue weighted by Gasteiger charge is -2.34. The van der Waals surface area contributed by atoms with Gasteiger partial charge in [0.15, 0.2) is 5.03 Å². The quantitative estimate of drug-likeness (QED) is 0.451. The Morgan fingerprint density at radius 2 is 1.97 bits per heavy atom. The van der Waals surface area contributed by atoms with E-state index in [1.807, 2.05) is 36.4 Å². The zero-order valence-electron chi connectivity index (χ0n) is 17.2. The van der Waals surface area contributed by atoms with Crippen LogP contribution in [0, 0.1) is 20.4 Å². The lowest BCUT2D eigenvalue weighted by molar-refractivity contribution is 0.645. The molecule has 1 N–H and O–H groups in total. The monoisotopic (exact) mass is 416 g/mol. The van der Waals surface area contributed by atoms with Gasteiger partial charge in [-0.3, -0.25) is 4.98 Å². The average molecular weight is 417 g/mol. The molecule has 30 heavy (non-hydrogen) atoms. The van der Waals surface area contributed by atoms with Crippen LogP contribution in [0.3, 0.4) is 0 Å². The van der Waals surface area contributed by atoms with E-state index in [2.05, 4.69) is 46.0 Å². The van der Waals surface area contributed by atoms with E-state index >= 15 is 0 Å². The number of nitrogens with one attached hydrogen (secondary N) is 1. The summed E-state index contributed by atoms with van der Waals surface area (Å²) in [6, 6.07) is 16.1. The molecule has 5 nitrogen and oxygen atoms in total. The standard InChI is InChI=1S/C24H24N4OS/c1-17-10-11-22-23(18(17)2)28(13-7-12-26-15-19-8-5-4-6-9-19)21-14-20(25-3)16-27-24(21)30(22)29/h4-6,8-11,14,16,26H,7,12-13,15H2,1-2H3. The third-order valence-corrected chi connectivity index (χ3v) is 6.85. The molecular formula is C24H24N4OS. The number of fused-ring (bicyclic) bond motifs is 2. The van der Waals surface area contributed by atoms with Crippen LogP contribution < -0.4 is 10.2 Å². The number of pyridine rings is 1. The fourth-order valence-corrected chi connectivity index (χ4v) is 5.08. The summed E-state index contributed by atoms with van der Waals surface area (Å²) in [6.07, 6.45) is 2.42. The maximum Gasteiger partial charge on any atom is 0.207 e. The van der Waals surface area contributed by atoms with Crippen molar-refractivity contribution in [1.82, 2.24) is 10.3 Å². The van der Waals surface area contributed by atoms with Crippen molar-refractivity contribution in [3.05, 3.63) is 82.8 Å². The molecule has 1 aromatic heterocycles. The Morgan fingerprint density at radius 1 is 1.17 bits per heavy atom. The first-order valence-electron chi connectivity index (χ1n) is 10.0. The van der Waals surface area contributed by atoms with Gasteiger partial charge in [-0.2, -0.15) is 0 Å². The van der Waals surface area contributed by atoms with Crippen LogP contribution in [-0.4, -0.2) is 22.3 Å². The Hall–Kier alpha value is -3.01. The second-order valence-electron chi connectivity index (χ2n) is 7.42. The smallest absolute Gasteiger partial charge is 0.207 e. The zero-order valence-corrected chi connectivity index (χ0v) is 18.0. The van der Waals surface area contributed by atoms with Gasteiger partial charge in [0.25, 0.3) is 0 Å². The predicted octanol–water partition coefficient (Wildman–Crippen LogP) is 5.05. The second-order valence-corrected chi connectivity index (χ2v) is 8.78. The molecule has 2 heterocycles. The lowest BCUT2D eigenvalue weighted by atomic mass is 10.1. The summed E-state index contributed by atoms with van der Waals surface area (Å²) in [5.41, 5.74) is 5.79. The Bertz CT molecular complexity index is 1140. The van der Waals surface area contributed by atoms with Gasteiger partial charge in [0, 0.05) is 19.3 Å². The van der Waals surface area contributed by atoms with Crippen molar-refractivity contribution >= 4 is 27.9 Å². The highest BCUT2D eigenvalue weighted by Crippen LogP contribution is 2.44. The van der Waals surface area contributed by atoms with Crippen LogP contribution >= 0.6 is 0 Å². The minimum Gasteiger partial charge on any atom is -0.339 e. The van der Waals surface area contributed by atoms with Crippen LogP contribution in [-0.2, 0) is 17.3 Å². The van der Waals surface area contributed by atoms with E-state index in [0.29, 0.717) is 10.7 Å². The van der Waals surface area contributed by atoms with E-state index in [9.17, 15) is 4.21 Å². The van der Waals surface area contributed by atoms with Gasteiger partial charge in [0.2, 0.25) is 5.69 Å². The van der Waals surface area contributed by atoms with E-state index < -0.39 is 10.8 Å². The van der Waals surface area contributed by atoms with Crippen LogP contribution in [0.15, 0.2) is 64.6 Å². The van der Waals surface area contributed by atoms with Gasteiger partial charge in [0.1, 0.15) is 10.8 Å². The van der Waals surface area contributed by atoms with E-state index in [1.165, 1.54) is 11.8 Å². The fourth-order valence-electron chi connectivity index (χ4n) is 3.74. The predicted molar refractivity (Wildman–Crippen MR) is 121 cm³/mol. The van der Waals surface area contributed by atoms with Crippen molar-refractivity contribution < 1.29 is 4.21 Å². The largest absolute Gasteiger partial charge is 0.339 e. The molecule has 0 amide bonds. The first kappa shape index (κ1) is 20.3. The molecule has 0 bridgehead atoms. The number of nitrogens with zero attached hydrogens (tertiary/aromatic N) is 3. The van der Waals surface area contributed by atoms with Gasteiger partial charge in [-0.1, -0.05) is 36.4 Å². The third kappa shape index (κ3) is 3.87. The first-order chi connectivity index (χ1) is 14.6. The lowest BCUT2D eigenvalue weighted by Crippen LogP contribution is -2.29. The molecule has 0 radical (unpaired) electrons. The minimum atomic E-state index is -1.34. The van der Waals surface area contributed by atoms with Crippen molar-refractivity contribution in [2.24, 2.45) is 0 Å². The number of benzene rings is 2. The molecule has 3 aromatic rings. The van der Waals surface area contributed by atoms with E-state index in [4.69, 9.17) is 6.57 Å². The number of hydrogen-bond acceptors (Lipinski definition) is 4. The van der Waals surface area contributed by atoms with Crippen LogP contribution in [0.4, 0.5) is 17.1 Å². The van der Waals surface area contributed by atoms with Crippen LogP contribution in [0.5, 0.6) is 0 Å². The third-order valence-electron chi connectivity index (χ3n) is 5.45. The van der Waals surface area contributed by atoms with E-state index in [0.717, 1.165) is 53.5 Å². The fraction of sp³-hybridized carbons (Fsp3) is 0.250. The van der Waals surface area contributed by atoms with Crippen LogP contribution in [0.1, 0.15) is 23.1 Å². The highest BCUT2D eigenvalue weighted by Gasteiger charge is 2.31. The van der Waals surface area contributed by atoms with Crippen molar-refractivity contribution in [3.8, 4) is 0 Å². The maximum absolute atomic E-state index is 13.2. The van der Waals surface area contributed by atoms with Crippen molar-refractivity contribution in [1.29, 1.82) is 0 Å². The number of hydrogen-bond donors (Lipinski definition) is 1. The summed E-state index contributed by atoms with van der Waals surface area (Å²) in [5.74, 6) is 0. The van der Waals surface area contributed by atoms with Gasteiger partial charge >= 0.3 is 0 Å². The molecule has 4 rings (SSSR count). The van der Waals surface area contributed by atoms with Crippen molar-refractivity contribution in [2.45, 2.75) is 36.7 Å². The molecule has 1 aliphatic rings. The summed E-state index contributed by atoms with van der Waals surface area (Å²) in [4.78, 5) is 10.9. The first-order valence-corrected chi connectivity index (χ1v) is 11.2. The number of anilines is 2. The van der Waals surface area contributed by atoms with Gasteiger partial charge in [-0.05, 0) is 55.6 Å². The molecule has 2 aromatic carbocycles. The Balaban J connectivity index is 1.58. The van der Waals surface area contributed by atoms with Crippen molar-refractivity contribution in [3.63, 3.8) is 0 Å². The highest BCUT2D eigenvalue weighted by molar-refractivity contribution is 7.85. The van der Waals surface area contributed by atoms with Gasteiger partial charge in [-0.25, -0.2) is 9.05 Å². The molecule has 1 unspecified atom stereocenters. The topological polar surface area (TPSA) is 49.6 Å². The molecule has 0 fully saturated rings. The molecule has 0 saturated heterocycles. The molecule has 1 aliphatic heterocycles. The Kier molecular flexibility index (Phi) is 5.93. The van der Waals surface area contributed by atoms with E-state index in [1.54, 1.807) is 0 Å². The zero-order chi connectivity index (χ0) is 21.1. The average Bonchev–Trinajstić information content (AvgIpc) is 2.78. The molecule has 152 valence electrons. The van der Waals surface area contributed by atoms with Gasteiger partial charge in [0.05, 0.1) is 22.8 Å². The number of rotatable bonds is 6. The molecule has 1 atom stereocenters. The van der Waals surface area contributed by atoms with Gasteiger partial charge in [-0.15, -0.1) is 0 Å². The Morgan fingerprint density at radius 3 is 2.73 bits per heavy atom.